The summed E-state index contributed by atoms with van der Waals surface area (Å²) in [5.74, 6) is 1.24. The zero-order chi connectivity index (χ0) is 21.6. The number of nitrogens with one attached hydrogen (secondary N) is 1. The molecule has 1 aliphatic rings. The summed E-state index contributed by atoms with van der Waals surface area (Å²) in [6.45, 7) is 4.23. The Kier molecular flexibility index (Phi) is 6.39. The van der Waals surface area contributed by atoms with Crippen molar-refractivity contribution in [3.05, 3.63) is 65.5 Å². The van der Waals surface area contributed by atoms with Crippen LogP contribution in [0.25, 0.3) is 11.4 Å². The molecule has 158 valence electrons. The van der Waals surface area contributed by atoms with Crippen molar-refractivity contribution in [3.8, 4) is 17.5 Å². The van der Waals surface area contributed by atoms with Crippen LogP contribution < -0.4 is 5.32 Å². The van der Waals surface area contributed by atoms with Crippen LogP contribution in [0, 0.1) is 24.2 Å². The number of rotatable bonds is 6. The van der Waals surface area contributed by atoms with E-state index in [-0.39, 0.29) is 11.8 Å². The van der Waals surface area contributed by atoms with Crippen molar-refractivity contribution in [1.29, 1.82) is 5.26 Å². The maximum absolute atomic E-state index is 12.6. The van der Waals surface area contributed by atoms with Crippen LogP contribution in [0.3, 0.4) is 0 Å². The monoisotopic (exact) mass is 415 g/mol. The van der Waals surface area contributed by atoms with E-state index in [0.29, 0.717) is 24.7 Å². The molecule has 0 saturated carbocycles. The van der Waals surface area contributed by atoms with Crippen molar-refractivity contribution >= 4 is 11.6 Å². The van der Waals surface area contributed by atoms with Gasteiger partial charge in [-0.2, -0.15) is 10.2 Å². The smallest absolute Gasteiger partial charge is 0.241 e. The lowest BCUT2D eigenvalue weighted by molar-refractivity contribution is -0.121. The minimum absolute atomic E-state index is 0.0137. The molecule has 7 heteroatoms. The Morgan fingerprint density at radius 2 is 1.94 bits per heavy atom. The summed E-state index contributed by atoms with van der Waals surface area (Å²) in [7, 11) is 0. The number of nitriles is 1. The number of aryl methyl sites for hydroxylation is 1. The fourth-order valence-electron chi connectivity index (χ4n) is 3.84. The minimum atomic E-state index is -0.0137. The van der Waals surface area contributed by atoms with E-state index in [4.69, 9.17) is 9.78 Å². The molecule has 1 N–H and O–H groups in total. The standard InChI is InChI=1S/C24H25N5O2/c1-17-4-2-3-5-21(17)23-27-22(31-28-23)16-29-14-11-19(12-15-29)24(30)26-20-8-6-18(7-9-20)10-13-25/h2-9,19H,10-12,14-16H2,1H3,(H,26,30). The van der Waals surface area contributed by atoms with Crippen LogP contribution in [0.2, 0.25) is 0 Å². The highest BCUT2D eigenvalue weighted by Crippen LogP contribution is 2.23. The normalized spacial score (nSPS) is 14.8. The summed E-state index contributed by atoms with van der Waals surface area (Å²) < 4.78 is 5.45. The molecule has 2 heterocycles. The summed E-state index contributed by atoms with van der Waals surface area (Å²) >= 11 is 0. The Hall–Kier alpha value is -3.50. The maximum Gasteiger partial charge on any atom is 0.241 e. The average molecular weight is 415 g/mol. The number of carbonyl (C=O) groups is 1. The minimum Gasteiger partial charge on any atom is -0.338 e. The number of anilines is 1. The molecule has 1 aromatic heterocycles. The molecule has 1 saturated heterocycles. The van der Waals surface area contributed by atoms with Crippen LogP contribution in [-0.2, 0) is 17.8 Å². The van der Waals surface area contributed by atoms with Crippen molar-refractivity contribution in [3.63, 3.8) is 0 Å². The molecular formula is C24H25N5O2. The molecule has 1 fully saturated rings. The quantitative estimate of drug-likeness (QED) is 0.655. The van der Waals surface area contributed by atoms with Gasteiger partial charge >= 0.3 is 0 Å². The summed E-state index contributed by atoms with van der Waals surface area (Å²) in [6, 6.07) is 17.5. The number of piperidine rings is 1. The number of nitrogens with zero attached hydrogens (tertiary/aromatic N) is 4. The molecule has 1 amide bonds. The second-order valence-corrected chi connectivity index (χ2v) is 7.90. The summed E-state index contributed by atoms with van der Waals surface area (Å²) in [5, 5.41) is 15.9. The highest BCUT2D eigenvalue weighted by molar-refractivity contribution is 5.92. The third kappa shape index (κ3) is 5.16. The predicted octanol–water partition coefficient (Wildman–Crippen LogP) is 3.96. The lowest BCUT2D eigenvalue weighted by Crippen LogP contribution is -2.37. The van der Waals surface area contributed by atoms with Gasteiger partial charge in [-0.1, -0.05) is 41.6 Å². The Bertz CT molecular complexity index is 1080. The van der Waals surface area contributed by atoms with Crippen molar-refractivity contribution in [2.75, 3.05) is 18.4 Å². The molecule has 0 atom stereocenters. The number of likely N-dealkylation sites (tertiary alicyclic amines) is 1. The molecule has 31 heavy (non-hydrogen) atoms. The molecule has 2 aromatic carbocycles. The summed E-state index contributed by atoms with van der Waals surface area (Å²) in [4.78, 5) is 19.4. The molecule has 0 radical (unpaired) electrons. The van der Waals surface area contributed by atoms with Gasteiger partial charge in [0.1, 0.15) is 0 Å². The van der Waals surface area contributed by atoms with Gasteiger partial charge in [0.05, 0.1) is 19.0 Å². The first-order chi connectivity index (χ1) is 15.1. The Labute approximate surface area is 181 Å². The molecule has 1 aliphatic heterocycles. The van der Waals surface area contributed by atoms with E-state index in [1.54, 1.807) is 0 Å². The lowest BCUT2D eigenvalue weighted by atomic mass is 9.95. The van der Waals surface area contributed by atoms with Crippen LogP contribution in [0.5, 0.6) is 0 Å². The predicted molar refractivity (Wildman–Crippen MR) is 117 cm³/mol. The Morgan fingerprint density at radius 1 is 1.19 bits per heavy atom. The highest BCUT2D eigenvalue weighted by Gasteiger charge is 2.26. The molecule has 4 rings (SSSR count). The van der Waals surface area contributed by atoms with Gasteiger partial charge in [0.25, 0.3) is 0 Å². The summed E-state index contributed by atoms with van der Waals surface area (Å²) in [6.07, 6.45) is 1.95. The van der Waals surface area contributed by atoms with Gasteiger partial charge in [0.15, 0.2) is 0 Å². The fourth-order valence-corrected chi connectivity index (χ4v) is 3.84. The van der Waals surface area contributed by atoms with Gasteiger partial charge in [-0.15, -0.1) is 0 Å². The Balaban J connectivity index is 1.27. The highest BCUT2D eigenvalue weighted by atomic mass is 16.5. The largest absolute Gasteiger partial charge is 0.338 e. The first-order valence-corrected chi connectivity index (χ1v) is 10.5. The zero-order valence-electron chi connectivity index (χ0n) is 17.5. The van der Waals surface area contributed by atoms with Crippen LogP contribution >= 0.6 is 0 Å². The van der Waals surface area contributed by atoms with E-state index in [0.717, 1.165) is 48.3 Å². The SMILES string of the molecule is Cc1ccccc1-c1noc(CN2CCC(C(=O)Nc3ccc(CC#N)cc3)CC2)n1. The van der Waals surface area contributed by atoms with Crippen LogP contribution in [-0.4, -0.2) is 34.0 Å². The van der Waals surface area contributed by atoms with Gasteiger partial charge in [0, 0.05) is 17.2 Å². The second kappa shape index (κ2) is 9.54. The number of aromatic nitrogens is 2. The average Bonchev–Trinajstić information content (AvgIpc) is 3.24. The van der Waals surface area contributed by atoms with Crippen LogP contribution in [0.4, 0.5) is 5.69 Å². The molecule has 0 spiro atoms. The van der Waals surface area contributed by atoms with E-state index < -0.39 is 0 Å². The number of hydrogen-bond acceptors (Lipinski definition) is 6. The molecule has 0 unspecified atom stereocenters. The molecular weight excluding hydrogens is 390 g/mol. The van der Waals surface area contributed by atoms with Gasteiger partial charge in [-0.3, -0.25) is 9.69 Å². The molecule has 0 bridgehead atoms. The van der Waals surface area contributed by atoms with Crippen molar-refractivity contribution < 1.29 is 9.32 Å². The fraction of sp³-hybridized carbons (Fsp3) is 0.333. The number of hydrogen-bond donors (Lipinski definition) is 1. The van der Waals surface area contributed by atoms with E-state index in [1.807, 2.05) is 55.5 Å². The van der Waals surface area contributed by atoms with Crippen LogP contribution in [0.15, 0.2) is 53.1 Å². The third-order valence-electron chi connectivity index (χ3n) is 5.68. The first-order valence-electron chi connectivity index (χ1n) is 10.5. The lowest BCUT2D eigenvalue weighted by Gasteiger charge is -2.30. The van der Waals surface area contributed by atoms with Crippen molar-refractivity contribution in [1.82, 2.24) is 15.0 Å². The van der Waals surface area contributed by atoms with Crippen LogP contribution in [0.1, 0.15) is 29.9 Å². The number of benzene rings is 2. The summed E-state index contributed by atoms with van der Waals surface area (Å²) in [5.41, 5.74) is 3.80. The second-order valence-electron chi connectivity index (χ2n) is 7.90. The molecule has 7 nitrogen and oxygen atoms in total. The van der Waals surface area contributed by atoms with Gasteiger partial charge in [-0.25, -0.2) is 0 Å². The first kappa shape index (κ1) is 20.8. The topological polar surface area (TPSA) is 95.0 Å². The van der Waals surface area contributed by atoms with Gasteiger partial charge < -0.3 is 9.84 Å². The van der Waals surface area contributed by atoms with Crippen molar-refractivity contribution in [2.45, 2.75) is 32.7 Å². The third-order valence-corrected chi connectivity index (χ3v) is 5.68. The number of carbonyl (C=O) groups excluding carboxylic acids is 1. The van der Waals surface area contributed by atoms with E-state index in [2.05, 4.69) is 26.4 Å². The van der Waals surface area contributed by atoms with Gasteiger partial charge in [0.2, 0.25) is 17.6 Å². The van der Waals surface area contributed by atoms with E-state index in [9.17, 15) is 4.79 Å². The maximum atomic E-state index is 12.6. The van der Waals surface area contributed by atoms with E-state index in [1.165, 1.54) is 0 Å². The molecule has 0 aliphatic carbocycles. The zero-order valence-corrected chi connectivity index (χ0v) is 17.5. The Morgan fingerprint density at radius 3 is 2.65 bits per heavy atom. The molecule has 3 aromatic rings. The number of amides is 1. The van der Waals surface area contributed by atoms with E-state index >= 15 is 0 Å². The van der Waals surface area contributed by atoms with Gasteiger partial charge in [-0.05, 0) is 56.1 Å². The van der Waals surface area contributed by atoms with Crippen molar-refractivity contribution in [2.24, 2.45) is 5.92 Å².